The van der Waals surface area contributed by atoms with Gasteiger partial charge in [-0.1, -0.05) is 11.6 Å². The highest BCUT2D eigenvalue weighted by Crippen LogP contribution is 2.37. The molecule has 0 spiro atoms. The van der Waals surface area contributed by atoms with Crippen LogP contribution in [0.5, 0.6) is 0 Å². The molecule has 2 aromatic rings. The number of nitrogens with zero attached hydrogens (tertiary/aromatic N) is 4. The topological polar surface area (TPSA) is 66.8 Å². The van der Waals surface area contributed by atoms with Crippen molar-refractivity contribution < 1.29 is 4.79 Å². The van der Waals surface area contributed by atoms with Crippen molar-refractivity contribution in [1.29, 1.82) is 0 Å². The predicted molar refractivity (Wildman–Crippen MR) is 69.9 cm³/mol. The van der Waals surface area contributed by atoms with Crippen molar-refractivity contribution in [3.8, 4) is 0 Å². The van der Waals surface area contributed by atoms with Gasteiger partial charge in [-0.2, -0.15) is 5.10 Å². The second-order valence-electron chi connectivity index (χ2n) is 4.78. The summed E-state index contributed by atoms with van der Waals surface area (Å²) in [6.45, 7) is 0.395. The molecule has 1 aliphatic rings. The van der Waals surface area contributed by atoms with E-state index in [0.717, 1.165) is 12.8 Å². The van der Waals surface area contributed by atoms with E-state index in [-0.39, 0.29) is 5.91 Å². The van der Waals surface area contributed by atoms with Crippen LogP contribution in [-0.2, 0) is 6.54 Å². The summed E-state index contributed by atoms with van der Waals surface area (Å²) in [5, 5.41) is 7.11. The van der Waals surface area contributed by atoms with Crippen LogP contribution in [0.25, 0.3) is 0 Å². The molecule has 1 aliphatic carbocycles. The number of rotatable bonds is 4. The second kappa shape index (κ2) is 4.70. The quantitative estimate of drug-likeness (QED) is 0.929. The molecule has 1 N–H and O–H groups in total. The first-order valence-corrected chi connectivity index (χ1v) is 6.50. The third kappa shape index (κ3) is 2.49. The highest BCUT2D eigenvalue weighted by molar-refractivity contribution is 6.31. The number of H-pyrrole nitrogens is 1. The van der Waals surface area contributed by atoms with Gasteiger partial charge in [0.05, 0.1) is 11.6 Å². The van der Waals surface area contributed by atoms with Gasteiger partial charge in [0.2, 0.25) is 0 Å². The maximum absolute atomic E-state index is 12.4. The molecular formula is C12H14ClN5O. The number of carbonyl (C=O) groups excluding carboxylic acids is 1. The smallest absolute Gasteiger partial charge is 0.270 e. The van der Waals surface area contributed by atoms with Gasteiger partial charge in [-0.05, 0) is 18.9 Å². The summed E-state index contributed by atoms with van der Waals surface area (Å²) >= 11 is 6.01. The van der Waals surface area contributed by atoms with Gasteiger partial charge in [0, 0.05) is 19.3 Å². The number of aromatic amines is 1. The summed E-state index contributed by atoms with van der Waals surface area (Å²) in [5.74, 6) is 0.599. The lowest BCUT2D eigenvalue weighted by molar-refractivity contribution is 0.0770. The molecule has 1 fully saturated rings. The van der Waals surface area contributed by atoms with Gasteiger partial charge in [-0.15, -0.1) is 0 Å². The molecule has 3 rings (SSSR count). The maximum atomic E-state index is 12.4. The average Bonchev–Trinajstić information content (AvgIpc) is 2.97. The summed E-state index contributed by atoms with van der Waals surface area (Å²) in [6.07, 6.45) is 5.47. The van der Waals surface area contributed by atoms with Crippen molar-refractivity contribution in [1.82, 2.24) is 24.6 Å². The molecule has 2 aromatic heterocycles. The van der Waals surface area contributed by atoms with Gasteiger partial charge in [-0.3, -0.25) is 9.89 Å². The molecule has 0 aromatic carbocycles. The van der Waals surface area contributed by atoms with Gasteiger partial charge < -0.3 is 9.47 Å². The Bertz CT molecular complexity index is 587. The molecule has 1 amide bonds. The van der Waals surface area contributed by atoms with Crippen LogP contribution in [0.3, 0.4) is 0 Å². The fraction of sp³-hybridized carbons (Fsp3) is 0.417. The van der Waals surface area contributed by atoms with Gasteiger partial charge in [0.25, 0.3) is 5.91 Å². The fourth-order valence-electron chi connectivity index (χ4n) is 2.07. The van der Waals surface area contributed by atoms with Crippen molar-refractivity contribution in [3.05, 3.63) is 35.1 Å². The molecule has 7 heteroatoms. The summed E-state index contributed by atoms with van der Waals surface area (Å²) in [6, 6.07) is 2.14. The summed E-state index contributed by atoms with van der Waals surface area (Å²) < 4.78 is 1.97. The lowest BCUT2D eigenvalue weighted by atomic mass is 10.3. The van der Waals surface area contributed by atoms with Crippen molar-refractivity contribution in [2.45, 2.75) is 25.4 Å². The van der Waals surface area contributed by atoms with E-state index in [1.54, 1.807) is 18.0 Å². The minimum atomic E-state index is -0.0600. The molecular weight excluding hydrogens is 266 g/mol. The van der Waals surface area contributed by atoms with Gasteiger partial charge in [0.15, 0.2) is 0 Å². The van der Waals surface area contributed by atoms with E-state index in [1.165, 1.54) is 6.33 Å². The summed E-state index contributed by atoms with van der Waals surface area (Å²) in [4.78, 5) is 18.0. The lowest BCUT2D eigenvalue weighted by Crippen LogP contribution is -2.28. The highest BCUT2D eigenvalue weighted by Gasteiger charge is 2.29. The Morgan fingerprint density at radius 2 is 2.42 bits per heavy atom. The van der Waals surface area contributed by atoms with Crippen LogP contribution in [0.4, 0.5) is 0 Å². The number of nitrogens with one attached hydrogen (secondary N) is 1. The Hall–Kier alpha value is -1.82. The van der Waals surface area contributed by atoms with Gasteiger partial charge >= 0.3 is 0 Å². The molecule has 100 valence electrons. The lowest BCUT2D eigenvalue weighted by Gasteiger charge is -2.16. The molecule has 0 aliphatic heterocycles. The number of amides is 1. The average molecular weight is 280 g/mol. The zero-order chi connectivity index (χ0) is 13.4. The van der Waals surface area contributed by atoms with Gasteiger partial charge in [0.1, 0.15) is 17.8 Å². The standard InChI is InChI=1S/C12H14ClN5O/c1-17(6-11-14-7-15-16-11)12(19)10-4-8(13)5-18(10)9-2-3-9/h4-5,7,9H,2-3,6H2,1H3,(H,14,15,16). The number of carbonyl (C=O) groups is 1. The Morgan fingerprint density at radius 1 is 1.63 bits per heavy atom. The van der Waals surface area contributed by atoms with E-state index in [1.807, 2.05) is 10.8 Å². The van der Waals surface area contributed by atoms with Crippen LogP contribution in [0.1, 0.15) is 35.2 Å². The van der Waals surface area contributed by atoms with Crippen LogP contribution in [-0.4, -0.2) is 37.6 Å². The molecule has 6 nitrogen and oxygen atoms in total. The third-order valence-electron chi connectivity index (χ3n) is 3.17. The van der Waals surface area contributed by atoms with E-state index in [2.05, 4.69) is 15.2 Å². The number of halogens is 1. The van der Waals surface area contributed by atoms with Crippen molar-refractivity contribution in [3.63, 3.8) is 0 Å². The van der Waals surface area contributed by atoms with E-state index in [4.69, 9.17) is 11.6 Å². The van der Waals surface area contributed by atoms with Crippen LogP contribution in [0, 0.1) is 0 Å². The largest absolute Gasteiger partial charge is 0.339 e. The van der Waals surface area contributed by atoms with Crippen molar-refractivity contribution in [2.24, 2.45) is 0 Å². The molecule has 0 bridgehead atoms. The molecule has 0 atom stereocenters. The SMILES string of the molecule is CN(Cc1ncn[nH]1)C(=O)c1cc(Cl)cn1C1CC1. The van der Waals surface area contributed by atoms with Crippen LogP contribution in [0.2, 0.25) is 5.02 Å². The minimum absolute atomic E-state index is 0.0600. The molecule has 19 heavy (non-hydrogen) atoms. The minimum Gasteiger partial charge on any atom is -0.339 e. The molecule has 0 saturated heterocycles. The third-order valence-corrected chi connectivity index (χ3v) is 3.38. The summed E-state index contributed by atoms with van der Waals surface area (Å²) in [7, 11) is 1.74. The van der Waals surface area contributed by atoms with Crippen molar-refractivity contribution in [2.75, 3.05) is 7.05 Å². The Labute approximate surface area is 115 Å². The van der Waals surface area contributed by atoms with E-state index >= 15 is 0 Å². The Kier molecular flexibility index (Phi) is 3.02. The number of aromatic nitrogens is 4. The first-order valence-electron chi connectivity index (χ1n) is 6.12. The summed E-state index contributed by atoms with van der Waals surface area (Å²) in [5.41, 5.74) is 0.634. The van der Waals surface area contributed by atoms with Crippen molar-refractivity contribution >= 4 is 17.5 Å². The van der Waals surface area contributed by atoms with E-state index in [0.29, 0.717) is 29.1 Å². The van der Waals surface area contributed by atoms with Crippen LogP contribution >= 0.6 is 11.6 Å². The highest BCUT2D eigenvalue weighted by atomic mass is 35.5. The van der Waals surface area contributed by atoms with Crippen LogP contribution in [0.15, 0.2) is 18.6 Å². The maximum Gasteiger partial charge on any atom is 0.270 e. The van der Waals surface area contributed by atoms with Gasteiger partial charge in [-0.25, -0.2) is 4.98 Å². The zero-order valence-electron chi connectivity index (χ0n) is 10.5. The molecule has 0 radical (unpaired) electrons. The number of hydrogen-bond donors (Lipinski definition) is 1. The first-order chi connectivity index (χ1) is 9.15. The molecule has 2 heterocycles. The monoisotopic (exact) mass is 279 g/mol. The first kappa shape index (κ1) is 12.2. The van der Waals surface area contributed by atoms with E-state index < -0.39 is 0 Å². The normalized spacial score (nSPS) is 14.6. The second-order valence-corrected chi connectivity index (χ2v) is 5.21. The predicted octanol–water partition coefficient (Wildman–Crippen LogP) is 1.87. The zero-order valence-corrected chi connectivity index (χ0v) is 11.3. The van der Waals surface area contributed by atoms with E-state index in [9.17, 15) is 4.79 Å². The number of hydrogen-bond acceptors (Lipinski definition) is 3. The van der Waals surface area contributed by atoms with Crippen LogP contribution < -0.4 is 0 Å². The molecule has 1 saturated carbocycles. The fourth-order valence-corrected chi connectivity index (χ4v) is 2.28. The molecule has 0 unspecified atom stereocenters. The Balaban J connectivity index is 1.79. The Morgan fingerprint density at radius 3 is 3.05 bits per heavy atom.